The zero-order chi connectivity index (χ0) is 19.3. The number of amides is 1. The SMILES string of the molecule is CNC(C(=O)Nc1ccc(OC)c(OCC(F)(F)F)c1)c1cnn(C)c1. The van der Waals surface area contributed by atoms with Crippen LogP contribution in [-0.2, 0) is 11.8 Å². The highest BCUT2D eigenvalue weighted by Gasteiger charge is 2.29. The number of nitrogens with one attached hydrogen (secondary N) is 2. The average Bonchev–Trinajstić information content (AvgIpc) is 2.99. The smallest absolute Gasteiger partial charge is 0.422 e. The van der Waals surface area contributed by atoms with Crippen LogP contribution in [0.15, 0.2) is 30.6 Å². The zero-order valence-corrected chi connectivity index (χ0v) is 14.4. The van der Waals surface area contributed by atoms with Crippen LogP contribution in [0.3, 0.4) is 0 Å². The van der Waals surface area contributed by atoms with E-state index in [0.717, 1.165) is 0 Å². The van der Waals surface area contributed by atoms with Crippen LogP contribution < -0.4 is 20.1 Å². The molecule has 0 spiro atoms. The third-order valence-electron chi connectivity index (χ3n) is 3.43. The van der Waals surface area contributed by atoms with Crippen LogP contribution in [-0.4, -0.2) is 42.6 Å². The maximum atomic E-state index is 12.5. The molecule has 7 nitrogen and oxygen atoms in total. The van der Waals surface area contributed by atoms with Gasteiger partial charge in [0.05, 0.1) is 13.3 Å². The number of methoxy groups -OCH3 is 1. The van der Waals surface area contributed by atoms with Gasteiger partial charge in [-0.2, -0.15) is 18.3 Å². The second-order valence-electron chi connectivity index (χ2n) is 5.43. The van der Waals surface area contributed by atoms with Crippen LogP contribution in [0.2, 0.25) is 0 Å². The molecular formula is C16H19F3N4O3. The molecule has 1 atom stereocenters. The second kappa shape index (κ2) is 8.09. The van der Waals surface area contributed by atoms with Crippen LogP contribution in [0.25, 0.3) is 0 Å². The van der Waals surface area contributed by atoms with Gasteiger partial charge >= 0.3 is 6.18 Å². The van der Waals surface area contributed by atoms with Crippen LogP contribution in [0, 0.1) is 0 Å². The Kier molecular flexibility index (Phi) is 6.09. The molecule has 0 fully saturated rings. The molecule has 26 heavy (non-hydrogen) atoms. The molecule has 1 unspecified atom stereocenters. The highest BCUT2D eigenvalue weighted by Crippen LogP contribution is 2.32. The van der Waals surface area contributed by atoms with Crippen molar-refractivity contribution in [2.75, 3.05) is 26.1 Å². The molecule has 1 aromatic carbocycles. The van der Waals surface area contributed by atoms with Gasteiger partial charge in [0.25, 0.3) is 0 Å². The lowest BCUT2D eigenvalue weighted by Crippen LogP contribution is -2.30. The zero-order valence-electron chi connectivity index (χ0n) is 14.4. The van der Waals surface area contributed by atoms with E-state index < -0.39 is 24.7 Å². The van der Waals surface area contributed by atoms with Crippen molar-refractivity contribution in [3.63, 3.8) is 0 Å². The van der Waals surface area contributed by atoms with Gasteiger partial charge in [0, 0.05) is 30.6 Å². The molecule has 142 valence electrons. The first-order valence-corrected chi connectivity index (χ1v) is 7.57. The van der Waals surface area contributed by atoms with Gasteiger partial charge < -0.3 is 20.1 Å². The van der Waals surface area contributed by atoms with Crippen molar-refractivity contribution in [3.05, 3.63) is 36.2 Å². The summed E-state index contributed by atoms with van der Waals surface area (Å²) < 4.78 is 48.4. The van der Waals surface area contributed by atoms with Crippen molar-refractivity contribution in [2.45, 2.75) is 12.2 Å². The number of anilines is 1. The fourth-order valence-electron chi connectivity index (χ4n) is 2.28. The third-order valence-corrected chi connectivity index (χ3v) is 3.43. The Morgan fingerprint density at radius 2 is 2.08 bits per heavy atom. The fraction of sp³-hybridized carbons (Fsp3) is 0.375. The number of aryl methyl sites for hydroxylation is 1. The Hall–Kier alpha value is -2.75. The van der Waals surface area contributed by atoms with E-state index in [-0.39, 0.29) is 17.2 Å². The topological polar surface area (TPSA) is 77.4 Å². The standard InChI is InChI=1S/C16H19F3N4O3/c1-20-14(10-7-21-23(2)8-10)15(24)22-11-4-5-12(25-3)13(6-11)26-9-16(17,18)19/h4-8,14,20H,9H2,1-3H3,(H,22,24). The molecule has 0 aliphatic heterocycles. The van der Waals surface area contributed by atoms with Gasteiger partial charge in [-0.05, 0) is 19.2 Å². The summed E-state index contributed by atoms with van der Waals surface area (Å²) in [6.07, 6.45) is -1.25. The number of benzene rings is 1. The van der Waals surface area contributed by atoms with Gasteiger partial charge in [-0.1, -0.05) is 0 Å². The monoisotopic (exact) mass is 372 g/mol. The average molecular weight is 372 g/mol. The minimum absolute atomic E-state index is 0.120. The number of aromatic nitrogens is 2. The molecule has 0 radical (unpaired) electrons. The lowest BCUT2D eigenvalue weighted by Gasteiger charge is -2.17. The van der Waals surface area contributed by atoms with Crippen LogP contribution >= 0.6 is 0 Å². The second-order valence-corrected chi connectivity index (χ2v) is 5.43. The molecule has 10 heteroatoms. The number of carbonyl (C=O) groups is 1. The first-order valence-electron chi connectivity index (χ1n) is 7.57. The number of likely N-dealkylation sites (N-methyl/N-ethyl adjacent to an activating group) is 1. The van der Waals surface area contributed by atoms with Crippen molar-refractivity contribution in [1.82, 2.24) is 15.1 Å². The molecule has 2 rings (SSSR count). The highest BCUT2D eigenvalue weighted by atomic mass is 19.4. The first kappa shape index (κ1) is 19.6. The minimum Gasteiger partial charge on any atom is -0.493 e. The summed E-state index contributed by atoms with van der Waals surface area (Å²) in [6, 6.07) is 3.52. The molecule has 1 amide bonds. The number of alkyl halides is 3. The van der Waals surface area contributed by atoms with E-state index >= 15 is 0 Å². The van der Waals surface area contributed by atoms with Gasteiger partial charge in [-0.25, -0.2) is 0 Å². The van der Waals surface area contributed by atoms with Crippen molar-refractivity contribution < 1.29 is 27.4 Å². The van der Waals surface area contributed by atoms with E-state index in [9.17, 15) is 18.0 Å². The Morgan fingerprint density at radius 1 is 1.35 bits per heavy atom. The van der Waals surface area contributed by atoms with Crippen molar-refractivity contribution in [1.29, 1.82) is 0 Å². The van der Waals surface area contributed by atoms with E-state index in [1.165, 1.54) is 25.3 Å². The van der Waals surface area contributed by atoms with Gasteiger partial charge in [0.15, 0.2) is 18.1 Å². The summed E-state index contributed by atoms with van der Waals surface area (Å²) in [7, 11) is 4.65. The van der Waals surface area contributed by atoms with Gasteiger partial charge in [-0.15, -0.1) is 0 Å². The number of nitrogens with zero attached hydrogens (tertiary/aromatic N) is 2. The highest BCUT2D eigenvalue weighted by molar-refractivity contribution is 5.95. The van der Waals surface area contributed by atoms with Crippen molar-refractivity contribution in [2.24, 2.45) is 7.05 Å². The van der Waals surface area contributed by atoms with Crippen molar-refractivity contribution >= 4 is 11.6 Å². The van der Waals surface area contributed by atoms with E-state index in [0.29, 0.717) is 5.56 Å². The Labute approximate surface area is 148 Å². The van der Waals surface area contributed by atoms with E-state index in [4.69, 9.17) is 9.47 Å². The summed E-state index contributed by atoms with van der Waals surface area (Å²) in [5.41, 5.74) is 0.923. The summed E-state index contributed by atoms with van der Waals surface area (Å²) >= 11 is 0. The quantitative estimate of drug-likeness (QED) is 0.780. The minimum atomic E-state index is -4.48. The number of rotatable bonds is 7. The maximum absolute atomic E-state index is 12.5. The molecule has 0 saturated heterocycles. The Bertz CT molecular complexity index is 761. The van der Waals surface area contributed by atoms with Crippen LogP contribution in [0.1, 0.15) is 11.6 Å². The number of halogens is 3. The normalized spacial score (nSPS) is 12.5. The summed E-state index contributed by atoms with van der Waals surface area (Å²) in [5, 5.41) is 9.51. The molecule has 1 aromatic heterocycles. The van der Waals surface area contributed by atoms with Crippen LogP contribution in [0.5, 0.6) is 11.5 Å². The van der Waals surface area contributed by atoms with Crippen LogP contribution in [0.4, 0.5) is 18.9 Å². The molecule has 0 aliphatic carbocycles. The molecule has 0 saturated carbocycles. The fourth-order valence-corrected chi connectivity index (χ4v) is 2.28. The third kappa shape index (κ3) is 5.12. The van der Waals surface area contributed by atoms with E-state index in [1.54, 1.807) is 31.2 Å². The summed E-state index contributed by atoms with van der Waals surface area (Å²) in [6.45, 7) is -1.46. The Balaban J connectivity index is 2.16. The first-order chi connectivity index (χ1) is 12.2. The predicted molar refractivity (Wildman–Crippen MR) is 88.2 cm³/mol. The largest absolute Gasteiger partial charge is 0.493 e. The van der Waals surface area contributed by atoms with Gasteiger partial charge in [0.1, 0.15) is 6.04 Å². The molecule has 2 N–H and O–H groups in total. The summed E-state index contributed by atoms with van der Waals surface area (Å²) in [5.74, 6) is -0.387. The maximum Gasteiger partial charge on any atom is 0.422 e. The summed E-state index contributed by atoms with van der Waals surface area (Å²) in [4.78, 5) is 12.5. The molecule has 0 bridgehead atoms. The number of ether oxygens (including phenoxy) is 2. The van der Waals surface area contributed by atoms with Crippen molar-refractivity contribution in [3.8, 4) is 11.5 Å². The number of hydrogen-bond acceptors (Lipinski definition) is 5. The molecule has 0 aliphatic rings. The van der Waals surface area contributed by atoms with E-state index in [1.807, 2.05) is 0 Å². The Morgan fingerprint density at radius 3 is 2.62 bits per heavy atom. The van der Waals surface area contributed by atoms with Gasteiger partial charge in [0.2, 0.25) is 5.91 Å². The number of hydrogen-bond donors (Lipinski definition) is 2. The lowest BCUT2D eigenvalue weighted by atomic mass is 10.1. The lowest BCUT2D eigenvalue weighted by molar-refractivity contribution is -0.153. The van der Waals surface area contributed by atoms with Gasteiger partial charge in [-0.3, -0.25) is 9.48 Å². The molecular weight excluding hydrogens is 353 g/mol. The van der Waals surface area contributed by atoms with E-state index in [2.05, 4.69) is 15.7 Å². The number of carbonyl (C=O) groups excluding carboxylic acids is 1. The predicted octanol–water partition coefficient (Wildman–Crippen LogP) is 2.27. The molecule has 1 heterocycles. The molecule has 2 aromatic rings.